The molecule has 0 spiro atoms. The Morgan fingerprint density at radius 1 is 1.42 bits per heavy atom. The number of benzene rings is 1. The van der Waals surface area contributed by atoms with Crippen LogP contribution in [0.15, 0.2) is 18.2 Å². The van der Waals surface area contributed by atoms with Crippen LogP contribution in [0.2, 0.25) is 0 Å². The van der Waals surface area contributed by atoms with Gasteiger partial charge >= 0.3 is 0 Å². The third-order valence-corrected chi connectivity index (χ3v) is 3.24. The van der Waals surface area contributed by atoms with Crippen LogP contribution in [0.5, 0.6) is 11.5 Å². The third-order valence-electron chi connectivity index (χ3n) is 3.24. The smallest absolute Gasteiger partial charge is 0.165 e. The fraction of sp³-hybridized carbons (Fsp3) is 0.625. The Hall–Kier alpha value is -1.22. The maximum Gasteiger partial charge on any atom is 0.165 e. The Bertz CT molecular complexity index is 429. The molecule has 1 aromatic carbocycles. The normalized spacial score (nSPS) is 17.7. The summed E-state index contributed by atoms with van der Waals surface area (Å²) in [4.78, 5) is 0. The zero-order valence-corrected chi connectivity index (χ0v) is 12.5. The van der Waals surface area contributed by atoms with Gasteiger partial charge in [0.2, 0.25) is 0 Å². The van der Waals surface area contributed by atoms with E-state index in [2.05, 4.69) is 39.1 Å². The van der Waals surface area contributed by atoms with Gasteiger partial charge in [0, 0.05) is 18.5 Å². The number of nitrogens with one attached hydrogen (secondary N) is 1. The number of hydrogen-bond acceptors (Lipinski definition) is 3. The summed E-state index contributed by atoms with van der Waals surface area (Å²) in [6, 6.07) is 6.17. The van der Waals surface area contributed by atoms with Crippen LogP contribution in [0.4, 0.5) is 0 Å². The molecular weight excluding hydrogens is 238 g/mol. The molecule has 1 aliphatic rings. The SMILES string of the molecule is CCCNCC(C)Oc1cccc2c1OC(C)(C)C2. The van der Waals surface area contributed by atoms with E-state index in [-0.39, 0.29) is 11.7 Å². The maximum absolute atomic E-state index is 6.01. The number of hydrogen-bond donors (Lipinski definition) is 1. The van der Waals surface area contributed by atoms with Gasteiger partial charge in [-0.3, -0.25) is 0 Å². The molecule has 0 saturated carbocycles. The molecule has 0 fully saturated rings. The molecule has 1 atom stereocenters. The van der Waals surface area contributed by atoms with Crippen LogP contribution >= 0.6 is 0 Å². The van der Waals surface area contributed by atoms with Gasteiger partial charge < -0.3 is 14.8 Å². The second-order valence-corrected chi connectivity index (χ2v) is 5.92. The van der Waals surface area contributed by atoms with Crippen molar-refractivity contribution in [2.24, 2.45) is 0 Å². The zero-order valence-electron chi connectivity index (χ0n) is 12.5. The average Bonchev–Trinajstić information content (AvgIpc) is 2.65. The van der Waals surface area contributed by atoms with Crippen LogP contribution < -0.4 is 14.8 Å². The molecule has 0 radical (unpaired) electrons. The lowest BCUT2D eigenvalue weighted by Gasteiger charge is -2.20. The van der Waals surface area contributed by atoms with E-state index in [0.29, 0.717) is 0 Å². The van der Waals surface area contributed by atoms with Gasteiger partial charge in [-0.15, -0.1) is 0 Å². The van der Waals surface area contributed by atoms with E-state index >= 15 is 0 Å². The first-order valence-electron chi connectivity index (χ1n) is 7.20. The molecular formula is C16H25NO2. The minimum atomic E-state index is -0.120. The van der Waals surface area contributed by atoms with Gasteiger partial charge in [0.25, 0.3) is 0 Å². The highest BCUT2D eigenvalue weighted by molar-refractivity contribution is 5.50. The van der Waals surface area contributed by atoms with Crippen molar-refractivity contribution in [2.75, 3.05) is 13.1 Å². The second kappa shape index (κ2) is 5.83. The Morgan fingerprint density at radius 3 is 2.95 bits per heavy atom. The molecule has 0 aliphatic carbocycles. The molecule has 0 amide bonds. The molecule has 3 nitrogen and oxygen atoms in total. The topological polar surface area (TPSA) is 30.5 Å². The van der Waals surface area contributed by atoms with E-state index in [1.54, 1.807) is 0 Å². The van der Waals surface area contributed by atoms with E-state index in [4.69, 9.17) is 9.47 Å². The van der Waals surface area contributed by atoms with Gasteiger partial charge in [0.1, 0.15) is 11.7 Å². The van der Waals surface area contributed by atoms with Gasteiger partial charge in [0.15, 0.2) is 11.5 Å². The first kappa shape index (κ1) is 14.2. The Morgan fingerprint density at radius 2 is 2.21 bits per heavy atom. The fourth-order valence-corrected chi connectivity index (χ4v) is 2.42. The summed E-state index contributed by atoms with van der Waals surface area (Å²) in [5.74, 6) is 1.80. The highest BCUT2D eigenvalue weighted by Crippen LogP contribution is 2.41. The molecule has 1 aromatic rings. The molecule has 0 aromatic heterocycles. The molecule has 1 N–H and O–H groups in total. The van der Waals surface area contributed by atoms with Crippen molar-refractivity contribution in [3.63, 3.8) is 0 Å². The van der Waals surface area contributed by atoms with E-state index in [0.717, 1.165) is 37.4 Å². The monoisotopic (exact) mass is 263 g/mol. The standard InChI is InChI=1S/C16H25NO2/c1-5-9-17-11-12(2)18-14-8-6-7-13-10-16(3,4)19-15(13)14/h6-8,12,17H,5,9-11H2,1-4H3. The largest absolute Gasteiger partial charge is 0.485 e. The number of fused-ring (bicyclic) bond motifs is 1. The van der Waals surface area contributed by atoms with Gasteiger partial charge in [-0.25, -0.2) is 0 Å². The summed E-state index contributed by atoms with van der Waals surface area (Å²) in [6.45, 7) is 10.4. The minimum Gasteiger partial charge on any atom is -0.485 e. The van der Waals surface area contributed by atoms with Crippen molar-refractivity contribution in [1.82, 2.24) is 5.32 Å². The lowest BCUT2D eigenvalue weighted by atomic mass is 10.0. The molecule has 0 bridgehead atoms. The fourth-order valence-electron chi connectivity index (χ4n) is 2.42. The average molecular weight is 263 g/mol. The predicted octanol–water partition coefficient (Wildman–Crippen LogP) is 3.17. The summed E-state index contributed by atoms with van der Waals surface area (Å²) in [6.07, 6.45) is 2.23. The summed E-state index contributed by atoms with van der Waals surface area (Å²) < 4.78 is 12.0. The maximum atomic E-state index is 6.01. The van der Waals surface area contributed by atoms with E-state index in [1.807, 2.05) is 12.1 Å². The van der Waals surface area contributed by atoms with Gasteiger partial charge in [0.05, 0.1) is 0 Å². The summed E-state index contributed by atoms with van der Waals surface area (Å²) in [5, 5.41) is 3.37. The highest BCUT2D eigenvalue weighted by Gasteiger charge is 2.32. The zero-order chi connectivity index (χ0) is 13.9. The lowest BCUT2D eigenvalue weighted by molar-refractivity contribution is 0.126. The lowest BCUT2D eigenvalue weighted by Crippen LogP contribution is -2.29. The summed E-state index contributed by atoms with van der Waals surface area (Å²) >= 11 is 0. The summed E-state index contributed by atoms with van der Waals surface area (Å²) in [7, 11) is 0. The molecule has 3 heteroatoms. The predicted molar refractivity (Wildman–Crippen MR) is 78.1 cm³/mol. The number of ether oxygens (including phenoxy) is 2. The Balaban J connectivity index is 2.01. The van der Waals surface area contributed by atoms with Crippen molar-refractivity contribution in [3.05, 3.63) is 23.8 Å². The third kappa shape index (κ3) is 3.63. The first-order chi connectivity index (χ1) is 9.02. The van der Waals surface area contributed by atoms with Crippen LogP contribution in [0, 0.1) is 0 Å². The number of rotatable bonds is 6. The van der Waals surface area contributed by atoms with Crippen molar-refractivity contribution in [1.29, 1.82) is 0 Å². The number of para-hydroxylation sites is 1. The Labute approximate surface area is 116 Å². The quantitative estimate of drug-likeness (QED) is 0.800. The van der Waals surface area contributed by atoms with Crippen LogP contribution in [0.3, 0.4) is 0 Å². The van der Waals surface area contributed by atoms with Crippen molar-refractivity contribution in [3.8, 4) is 11.5 Å². The molecule has 1 aliphatic heterocycles. The van der Waals surface area contributed by atoms with E-state index in [9.17, 15) is 0 Å². The van der Waals surface area contributed by atoms with Crippen LogP contribution in [0.1, 0.15) is 39.7 Å². The second-order valence-electron chi connectivity index (χ2n) is 5.92. The van der Waals surface area contributed by atoms with Gasteiger partial charge in [-0.2, -0.15) is 0 Å². The van der Waals surface area contributed by atoms with E-state index < -0.39 is 0 Å². The molecule has 19 heavy (non-hydrogen) atoms. The van der Waals surface area contributed by atoms with Crippen molar-refractivity contribution < 1.29 is 9.47 Å². The minimum absolute atomic E-state index is 0.120. The van der Waals surface area contributed by atoms with Crippen molar-refractivity contribution >= 4 is 0 Å². The molecule has 106 valence electrons. The van der Waals surface area contributed by atoms with Crippen LogP contribution in [-0.4, -0.2) is 24.8 Å². The van der Waals surface area contributed by atoms with Gasteiger partial charge in [-0.1, -0.05) is 19.1 Å². The van der Waals surface area contributed by atoms with Crippen molar-refractivity contribution in [2.45, 2.75) is 52.2 Å². The Kier molecular flexibility index (Phi) is 4.35. The molecule has 1 heterocycles. The molecule has 0 saturated heterocycles. The first-order valence-corrected chi connectivity index (χ1v) is 7.20. The summed E-state index contributed by atoms with van der Waals surface area (Å²) in [5.41, 5.74) is 1.13. The van der Waals surface area contributed by atoms with Crippen LogP contribution in [0.25, 0.3) is 0 Å². The molecule has 1 unspecified atom stereocenters. The highest BCUT2D eigenvalue weighted by atomic mass is 16.5. The van der Waals surface area contributed by atoms with E-state index in [1.165, 1.54) is 5.56 Å². The van der Waals surface area contributed by atoms with Gasteiger partial charge in [-0.05, 0) is 39.8 Å². The molecule has 2 rings (SSSR count). The van der Waals surface area contributed by atoms with Crippen LogP contribution in [-0.2, 0) is 6.42 Å².